The summed E-state index contributed by atoms with van der Waals surface area (Å²) in [6.07, 6.45) is 7.22. The molecule has 8 heteroatoms. The van der Waals surface area contributed by atoms with Crippen LogP contribution in [0.3, 0.4) is 0 Å². The molecule has 3 fully saturated rings. The van der Waals surface area contributed by atoms with Gasteiger partial charge in [-0.3, -0.25) is 9.36 Å². The van der Waals surface area contributed by atoms with E-state index >= 15 is 0 Å². The van der Waals surface area contributed by atoms with Gasteiger partial charge in [0.15, 0.2) is 10.9 Å². The number of thioether (sulfide) groups is 1. The molecule has 0 spiro atoms. The number of ketones is 1. The van der Waals surface area contributed by atoms with E-state index in [-0.39, 0.29) is 11.9 Å². The normalized spacial score (nSPS) is 22.1. The Labute approximate surface area is 194 Å². The number of anilines is 1. The van der Waals surface area contributed by atoms with E-state index in [4.69, 9.17) is 4.74 Å². The van der Waals surface area contributed by atoms with Gasteiger partial charge in [0, 0.05) is 42.7 Å². The molecule has 2 aromatic heterocycles. The number of hydrogen-bond acceptors (Lipinski definition) is 6. The standard InChI is InChI=1S/C24H35N5O2S/c1-16-8-10-27(11-9-16)23-25-26-24(28(23)14-20-5-4-12-31-20)32-15-22(30)21-13-17(2)29(18(21)3)19-6-7-19/h13,16,19-20H,4-12,14-15H2,1-3H3. The Balaban J connectivity index is 1.32. The van der Waals surface area contributed by atoms with E-state index in [1.54, 1.807) is 0 Å². The first kappa shape index (κ1) is 22.0. The fourth-order valence-corrected chi connectivity index (χ4v) is 5.97. The van der Waals surface area contributed by atoms with Crippen molar-refractivity contribution in [3.8, 4) is 0 Å². The Kier molecular flexibility index (Phi) is 6.34. The molecule has 2 aromatic rings. The summed E-state index contributed by atoms with van der Waals surface area (Å²) in [6.45, 7) is 10.1. The number of nitrogens with zero attached hydrogens (tertiary/aromatic N) is 5. The average Bonchev–Trinajstić information content (AvgIpc) is 3.18. The minimum Gasteiger partial charge on any atom is -0.376 e. The lowest BCUT2D eigenvalue weighted by Gasteiger charge is -2.31. The molecule has 3 aliphatic rings. The highest BCUT2D eigenvalue weighted by atomic mass is 32.2. The van der Waals surface area contributed by atoms with E-state index in [0.717, 1.165) is 67.4 Å². The highest BCUT2D eigenvalue weighted by molar-refractivity contribution is 7.99. The summed E-state index contributed by atoms with van der Waals surface area (Å²) in [4.78, 5) is 15.5. The summed E-state index contributed by atoms with van der Waals surface area (Å²) in [5.41, 5.74) is 3.17. The molecule has 0 aromatic carbocycles. The zero-order valence-electron chi connectivity index (χ0n) is 19.5. The molecule has 0 radical (unpaired) electrons. The third kappa shape index (κ3) is 4.49. The molecular weight excluding hydrogens is 422 g/mol. The summed E-state index contributed by atoms with van der Waals surface area (Å²) in [6, 6.07) is 2.65. The fraction of sp³-hybridized carbons (Fsp3) is 0.708. The van der Waals surface area contributed by atoms with Gasteiger partial charge in [0.1, 0.15) is 0 Å². The minimum absolute atomic E-state index is 0.176. The molecule has 4 heterocycles. The second-order valence-corrected chi connectivity index (χ2v) is 10.7. The zero-order valence-corrected chi connectivity index (χ0v) is 20.4. The van der Waals surface area contributed by atoms with Gasteiger partial charge in [-0.25, -0.2) is 0 Å². The molecular formula is C24H35N5O2S. The molecule has 0 amide bonds. The topological polar surface area (TPSA) is 65.2 Å². The summed E-state index contributed by atoms with van der Waals surface area (Å²) in [7, 11) is 0. The summed E-state index contributed by atoms with van der Waals surface area (Å²) < 4.78 is 10.5. The smallest absolute Gasteiger partial charge is 0.228 e. The van der Waals surface area contributed by atoms with Crippen molar-refractivity contribution in [3.63, 3.8) is 0 Å². The molecule has 7 nitrogen and oxygen atoms in total. The first-order valence-corrected chi connectivity index (χ1v) is 13.1. The van der Waals surface area contributed by atoms with Crippen LogP contribution < -0.4 is 4.90 Å². The van der Waals surface area contributed by atoms with Crippen molar-refractivity contribution >= 4 is 23.5 Å². The Bertz CT molecular complexity index is 965. The number of hydrogen-bond donors (Lipinski definition) is 0. The highest BCUT2D eigenvalue weighted by Crippen LogP contribution is 2.38. The van der Waals surface area contributed by atoms with Gasteiger partial charge in [-0.2, -0.15) is 0 Å². The number of ether oxygens (including phenoxy) is 1. The number of aromatic nitrogens is 4. The van der Waals surface area contributed by atoms with Crippen LogP contribution in [0.5, 0.6) is 0 Å². The molecule has 5 rings (SSSR count). The lowest BCUT2D eigenvalue weighted by atomic mass is 10.00. The van der Waals surface area contributed by atoms with Gasteiger partial charge < -0.3 is 14.2 Å². The van der Waals surface area contributed by atoms with Crippen LogP contribution in [0.15, 0.2) is 11.2 Å². The van der Waals surface area contributed by atoms with E-state index in [1.807, 2.05) is 0 Å². The lowest BCUT2D eigenvalue weighted by molar-refractivity contribution is 0.0951. The maximum absolute atomic E-state index is 13.1. The van der Waals surface area contributed by atoms with Gasteiger partial charge in [0.2, 0.25) is 5.95 Å². The van der Waals surface area contributed by atoms with Gasteiger partial charge in [-0.1, -0.05) is 18.7 Å². The number of Topliss-reactive ketones (excluding diaryl/α,β-unsaturated/α-hetero) is 1. The quantitative estimate of drug-likeness (QED) is 0.432. The number of rotatable bonds is 8. The van der Waals surface area contributed by atoms with E-state index < -0.39 is 0 Å². The van der Waals surface area contributed by atoms with Crippen molar-refractivity contribution in [1.29, 1.82) is 0 Å². The Morgan fingerprint density at radius 1 is 1.16 bits per heavy atom. The van der Waals surface area contributed by atoms with Gasteiger partial charge in [0.25, 0.3) is 0 Å². The second kappa shape index (κ2) is 9.21. The number of piperidine rings is 1. The van der Waals surface area contributed by atoms with Crippen LogP contribution in [-0.2, 0) is 11.3 Å². The van der Waals surface area contributed by atoms with Crippen molar-refractivity contribution in [2.45, 2.75) is 83.1 Å². The maximum atomic E-state index is 13.1. The first-order chi connectivity index (χ1) is 15.5. The van der Waals surface area contributed by atoms with Crippen molar-refractivity contribution in [2.24, 2.45) is 5.92 Å². The first-order valence-electron chi connectivity index (χ1n) is 12.2. The van der Waals surface area contributed by atoms with Crippen molar-refractivity contribution < 1.29 is 9.53 Å². The SMILES string of the molecule is Cc1cc(C(=O)CSc2nnc(N3CCC(C)CC3)n2CC2CCCO2)c(C)n1C1CC1. The highest BCUT2D eigenvalue weighted by Gasteiger charge is 2.29. The number of aryl methyl sites for hydroxylation is 1. The summed E-state index contributed by atoms with van der Waals surface area (Å²) in [5, 5.41) is 9.93. The van der Waals surface area contributed by atoms with Crippen LogP contribution >= 0.6 is 11.8 Å². The molecule has 1 saturated carbocycles. The fourth-order valence-electron chi connectivity index (χ4n) is 5.14. The van der Waals surface area contributed by atoms with E-state index in [0.29, 0.717) is 11.8 Å². The van der Waals surface area contributed by atoms with Crippen molar-refractivity contribution in [3.05, 3.63) is 23.0 Å². The molecule has 2 saturated heterocycles. The van der Waals surface area contributed by atoms with Crippen LogP contribution in [-0.4, -0.2) is 56.7 Å². The molecule has 0 N–H and O–H groups in total. The number of carbonyl (C=O) groups is 1. The van der Waals surface area contributed by atoms with Crippen molar-refractivity contribution in [1.82, 2.24) is 19.3 Å². The van der Waals surface area contributed by atoms with E-state index in [9.17, 15) is 4.79 Å². The molecule has 32 heavy (non-hydrogen) atoms. The van der Waals surface area contributed by atoms with Crippen LogP contribution in [0.25, 0.3) is 0 Å². The predicted molar refractivity (Wildman–Crippen MR) is 127 cm³/mol. The largest absolute Gasteiger partial charge is 0.376 e. The third-order valence-corrected chi connectivity index (χ3v) is 8.17. The molecule has 1 unspecified atom stereocenters. The van der Waals surface area contributed by atoms with Crippen LogP contribution in [0.1, 0.15) is 73.2 Å². The molecule has 174 valence electrons. The van der Waals surface area contributed by atoms with Gasteiger partial charge in [-0.15, -0.1) is 10.2 Å². The van der Waals surface area contributed by atoms with Gasteiger partial charge >= 0.3 is 0 Å². The molecule has 1 aliphatic carbocycles. The molecule has 0 bridgehead atoms. The second-order valence-electron chi connectivity index (χ2n) is 9.80. The molecule has 1 atom stereocenters. The van der Waals surface area contributed by atoms with Crippen LogP contribution in [0, 0.1) is 19.8 Å². The van der Waals surface area contributed by atoms with Crippen LogP contribution in [0.4, 0.5) is 5.95 Å². The number of carbonyl (C=O) groups excluding carboxylic acids is 1. The average molecular weight is 458 g/mol. The Morgan fingerprint density at radius 2 is 1.94 bits per heavy atom. The van der Waals surface area contributed by atoms with Gasteiger partial charge in [0.05, 0.1) is 18.4 Å². The molecule has 2 aliphatic heterocycles. The summed E-state index contributed by atoms with van der Waals surface area (Å²) >= 11 is 1.51. The Morgan fingerprint density at radius 3 is 2.62 bits per heavy atom. The zero-order chi connectivity index (χ0) is 22.2. The lowest BCUT2D eigenvalue weighted by Crippen LogP contribution is -2.35. The Hall–Kier alpha value is -1.80. The predicted octanol–water partition coefficient (Wildman–Crippen LogP) is 4.42. The maximum Gasteiger partial charge on any atom is 0.228 e. The van der Waals surface area contributed by atoms with Crippen molar-refractivity contribution in [2.75, 3.05) is 30.3 Å². The van der Waals surface area contributed by atoms with Crippen LogP contribution in [0.2, 0.25) is 0 Å². The minimum atomic E-state index is 0.176. The third-order valence-electron chi connectivity index (χ3n) is 7.20. The van der Waals surface area contributed by atoms with E-state index in [2.05, 4.69) is 51.1 Å². The summed E-state index contributed by atoms with van der Waals surface area (Å²) in [5.74, 6) is 2.27. The monoisotopic (exact) mass is 457 g/mol. The van der Waals surface area contributed by atoms with Gasteiger partial charge in [-0.05, 0) is 64.4 Å². The van der Waals surface area contributed by atoms with E-state index in [1.165, 1.54) is 43.1 Å².